The maximum absolute atomic E-state index is 2.57. The van der Waals surface area contributed by atoms with Crippen LogP contribution < -0.4 is 9.80 Å². The molecule has 0 fully saturated rings. The minimum atomic E-state index is 0.193. The van der Waals surface area contributed by atoms with E-state index >= 15 is 0 Å². The number of nitrogens with zero attached hydrogens (tertiary/aromatic N) is 3. The van der Waals surface area contributed by atoms with Crippen LogP contribution in [0.5, 0.6) is 0 Å². The molecule has 2 atom stereocenters. The van der Waals surface area contributed by atoms with Gasteiger partial charge in [0.25, 0.3) is 0 Å². The molecule has 2 aliphatic rings. The van der Waals surface area contributed by atoms with Crippen molar-refractivity contribution in [1.29, 1.82) is 0 Å². The van der Waals surface area contributed by atoms with Crippen molar-refractivity contribution >= 4 is 61.0 Å². The lowest BCUT2D eigenvalue weighted by Gasteiger charge is -2.31. The first-order valence-corrected chi connectivity index (χ1v) is 21.2. The molecule has 1 aliphatic carbocycles. The molecule has 1 aliphatic heterocycles. The normalized spacial score (nSPS) is 15.4. The maximum atomic E-state index is 2.57. The molecule has 12 rings (SSSR count). The fourth-order valence-corrected chi connectivity index (χ4v) is 9.97. The van der Waals surface area contributed by atoms with Gasteiger partial charge in [-0.05, 0) is 106 Å². The van der Waals surface area contributed by atoms with Crippen LogP contribution in [-0.2, 0) is 0 Å². The number of fused-ring (bicyclic) bond motifs is 7. The van der Waals surface area contributed by atoms with Gasteiger partial charge in [0.15, 0.2) is 0 Å². The number of hydrogen-bond donors (Lipinski definition) is 0. The zero-order chi connectivity index (χ0) is 40.3. The fraction of sp³-hybridized carbons (Fsp3) is 0.0345. The molecule has 0 saturated carbocycles. The van der Waals surface area contributed by atoms with E-state index in [9.17, 15) is 0 Å². The van der Waals surface area contributed by atoms with Gasteiger partial charge in [0.05, 0.1) is 22.8 Å². The van der Waals surface area contributed by atoms with E-state index in [2.05, 4.69) is 251 Å². The Morgan fingerprint density at radius 1 is 0.393 bits per heavy atom. The van der Waals surface area contributed by atoms with Crippen LogP contribution >= 0.6 is 0 Å². The fourth-order valence-electron chi connectivity index (χ4n) is 9.97. The predicted molar refractivity (Wildman–Crippen MR) is 257 cm³/mol. The molecule has 2 heterocycles. The molecule has 2 unspecified atom stereocenters. The van der Waals surface area contributed by atoms with Gasteiger partial charge in [-0.3, -0.25) is 0 Å². The number of benzene rings is 9. The van der Waals surface area contributed by atoms with Gasteiger partial charge in [-0.15, -0.1) is 0 Å². The van der Waals surface area contributed by atoms with Gasteiger partial charge in [0.2, 0.25) is 0 Å². The van der Waals surface area contributed by atoms with Crippen molar-refractivity contribution in [3.05, 3.63) is 242 Å². The summed E-state index contributed by atoms with van der Waals surface area (Å²) in [6.07, 6.45) is 9.12. The summed E-state index contributed by atoms with van der Waals surface area (Å²) in [4.78, 5) is 4.97. The molecule has 0 amide bonds. The van der Waals surface area contributed by atoms with Gasteiger partial charge in [-0.2, -0.15) is 0 Å². The molecular weight excluding hydrogens is 739 g/mol. The van der Waals surface area contributed by atoms with Crippen molar-refractivity contribution in [2.75, 3.05) is 9.80 Å². The van der Waals surface area contributed by atoms with Crippen molar-refractivity contribution in [3.63, 3.8) is 0 Å². The number of hydrogen-bond acceptors (Lipinski definition) is 2. The van der Waals surface area contributed by atoms with Crippen LogP contribution in [0.25, 0.3) is 60.5 Å². The third-order valence-electron chi connectivity index (χ3n) is 12.7. The van der Waals surface area contributed by atoms with Crippen LogP contribution in [0.2, 0.25) is 0 Å². The van der Waals surface area contributed by atoms with Crippen LogP contribution in [0.15, 0.2) is 237 Å². The summed E-state index contributed by atoms with van der Waals surface area (Å²) >= 11 is 0. The number of aromatic nitrogens is 1. The maximum Gasteiger partial charge on any atom is 0.0629 e. The summed E-state index contributed by atoms with van der Waals surface area (Å²) in [7, 11) is 0. The Morgan fingerprint density at radius 2 is 1.00 bits per heavy atom. The highest BCUT2D eigenvalue weighted by atomic mass is 15.2. The monoisotopic (exact) mass is 779 g/mol. The number of para-hydroxylation sites is 3. The Morgan fingerprint density at radius 3 is 1.77 bits per heavy atom. The van der Waals surface area contributed by atoms with Crippen molar-refractivity contribution in [3.8, 4) is 27.9 Å². The first-order valence-electron chi connectivity index (χ1n) is 21.2. The molecular formula is C58H41N3. The Hall–Kier alpha value is -7.88. The zero-order valence-electron chi connectivity index (χ0n) is 33.5. The summed E-state index contributed by atoms with van der Waals surface area (Å²) in [5.74, 6) is 0.298. The van der Waals surface area contributed by atoms with Gasteiger partial charge in [-0.25, -0.2) is 0 Å². The Bertz CT molecular complexity index is 3270. The molecule has 0 bridgehead atoms. The van der Waals surface area contributed by atoms with E-state index in [0.29, 0.717) is 5.92 Å². The highest BCUT2D eigenvalue weighted by molar-refractivity contribution is 6.09. The lowest BCUT2D eigenvalue weighted by Crippen LogP contribution is -2.29. The minimum absolute atomic E-state index is 0.193. The van der Waals surface area contributed by atoms with Gasteiger partial charge in [0.1, 0.15) is 0 Å². The molecule has 3 heteroatoms. The molecule has 0 saturated heterocycles. The first-order chi connectivity index (χ1) is 30.3. The Balaban J connectivity index is 1.02. The van der Waals surface area contributed by atoms with Crippen molar-refractivity contribution in [1.82, 2.24) is 4.57 Å². The summed E-state index contributed by atoms with van der Waals surface area (Å²) in [5, 5.41) is 4.98. The topological polar surface area (TPSA) is 11.4 Å². The van der Waals surface area contributed by atoms with Gasteiger partial charge in [0, 0.05) is 50.7 Å². The summed E-state index contributed by atoms with van der Waals surface area (Å²) in [5.41, 5.74) is 15.5. The highest BCUT2D eigenvalue weighted by Gasteiger charge is 2.38. The van der Waals surface area contributed by atoms with E-state index in [-0.39, 0.29) is 6.04 Å². The standard InChI is InChI=1S/C58H41N3/c1-2-15-40(16-3-1)41-29-32-44(33-30-41)59(45-34-36-46(37-35-45)60-53-25-10-6-21-49(53)50-22-7-11-26-54(50)60)47-19-14-18-43(39-47)58-48-20-5-4-17-42(48)31-38-57(58)61-55-27-12-8-23-51(55)52-24-9-13-28-56(52)61/h1-39,51,55H. The highest BCUT2D eigenvalue weighted by Crippen LogP contribution is 2.51. The van der Waals surface area contributed by atoms with E-state index in [4.69, 9.17) is 0 Å². The Kier molecular flexibility index (Phi) is 8.31. The molecule has 0 spiro atoms. The second kappa shape index (κ2) is 14.4. The van der Waals surface area contributed by atoms with Gasteiger partial charge < -0.3 is 14.4 Å². The summed E-state index contributed by atoms with van der Waals surface area (Å²) in [6, 6.07) is 77.8. The van der Waals surface area contributed by atoms with Crippen LogP contribution in [0.4, 0.5) is 28.4 Å². The second-order valence-corrected chi connectivity index (χ2v) is 16.1. The van der Waals surface area contributed by atoms with Crippen LogP contribution in [0, 0.1) is 0 Å². The third kappa shape index (κ3) is 5.81. The smallest absolute Gasteiger partial charge is 0.0629 e. The average molecular weight is 780 g/mol. The predicted octanol–water partition coefficient (Wildman–Crippen LogP) is 15.5. The van der Waals surface area contributed by atoms with Gasteiger partial charge >= 0.3 is 0 Å². The van der Waals surface area contributed by atoms with Crippen molar-refractivity contribution in [2.24, 2.45) is 0 Å². The lowest BCUT2D eigenvalue weighted by molar-refractivity contribution is 0.745. The number of anilines is 5. The second-order valence-electron chi connectivity index (χ2n) is 16.1. The molecule has 3 nitrogen and oxygen atoms in total. The average Bonchev–Trinajstić information content (AvgIpc) is 3.85. The third-order valence-corrected chi connectivity index (χ3v) is 12.7. The van der Waals surface area contributed by atoms with Crippen molar-refractivity contribution < 1.29 is 0 Å². The SMILES string of the molecule is C1=CC2c3ccccc3N(c3ccc4ccccc4c3-c3cccc(N(c4ccc(-c5ccccc5)cc4)c4ccc(-n5c6ccccc6c6ccccc65)cc4)c3)C2C=C1. The van der Waals surface area contributed by atoms with E-state index in [1.165, 1.54) is 71.8 Å². The molecule has 1 aromatic heterocycles. The van der Waals surface area contributed by atoms with E-state index in [0.717, 1.165) is 22.7 Å². The van der Waals surface area contributed by atoms with Crippen LogP contribution in [0.1, 0.15) is 11.5 Å². The van der Waals surface area contributed by atoms with E-state index in [1.54, 1.807) is 0 Å². The molecule has 10 aromatic rings. The molecule has 9 aromatic carbocycles. The zero-order valence-corrected chi connectivity index (χ0v) is 33.5. The van der Waals surface area contributed by atoms with Crippen LogP contribution in [0.3, 0.4) is 0 Å². The Labute approximate surface area is 356 Å². The summed E-state index contributed by atoms with van der Waals surface area (Å²) in [6.45, 7) is 0. The number of rotatable bonds is 7. The largest absolute Gasteiger partial charge is 0.333 e. The first kappa shape index (κ1) is 35.1. The molecule has 61 heavy (non-hydrogen) atoms. The summed E-state index contributed by atoms with van der Waals surface area (Å²) < 4.78 is 2.38. The lowest BCUT2D eigenvalue weighted by atomic mass is 9.91. The van der Waals surface area contributed by atoms with Gasteiger partial charge in [-0.1, -0.05) is 164 Å². The quantitative estimate of drug-likeness (QED) is 0.160. The molecule has 0 radical (unpaired) electrons. The van der Waals surface area contributed by atoms with Crippen LogP contribution in [-0.4, -0.2) is 10.6 Å². The van der Waals surface area contributed by atoms with E-state index < -0.39 is 0 Å². The molecule has 288 valence electrons. The molecule has 0 N–H and O–H groups in total. The number of allylic oxidation sites excluding steroid dienone is 2. The minimum Gasteiger partial charge on any atom is -0.333 e. The van der Waals surface area contributed by atoms with E-state index in [1.807, 2.05) is 0 Å². The van der Waals surface area contributed by atoms with Crippen molar-refractivity contribution in [2.45, 2.75) is 12.0 Å².